The summed E-state index contributed by atoms with van der Waals surface area (Å²) in [5.74, 6) is -1.21. The molecule has 0 atom stereocenters. The van der Waals surface area contributed by atoms with Gasteiger partial charge in [0.05, 0.1) is 12.2 Å². The van der Waals surface area contributed by atoms with E-state index in [-0.39, 0.29) is 5.56 Å². The van der Waals surface area contributed by atoms with Gasteiger partial charge in [-0.15, -0.1) is 11.3 Å². The molecule has 0 aliphatic rings. The first-order valence-corrected chi connectivity index (χ1v) is 6.15. The Labute approximate surface area is 107 Å². The van der Waals surface area contributed by atoms with Crippen LogP contribution in [0.1, 0.15) is 25.9 Å². The fraction of sp³-hybridized carbons (Fsp3) is 0.250. The van der Waals surface area contributed by atoms with E-state index in [1.165, 1.54) is 12.3 Å². The largest absolute Gasteiger partial charge is 0.477 e. The first-order valence-electron chi connectivity index (χ1n) is 5.33. The summed E-state index contributed by atoms with van der Waals surface area (Å²) in [6.07, 6.45) is 2.91. The quantitative estimate of drug-likeness (QED) is 0.915. The lowest BCUT2D eigenvalue weighted by Gasteiger charge is -2.04. The summed E-state index contributed by atoms with van der Waals surface area (Å²) in [6.45, 7) is 4.40. The van der Waals surface area contributed by atoms with Crippen molar-refractivity contribution in [1.82, 2.24) is 9.55 Å². The Kier molecular flexibility index (Phi) is 3.29. The van der Waals surface area contributed by atoms with E-state index in [2.05, 4.69) is 4.98 Å². The highest BCUT2D eigenvalue weighted by molar-refractivity contribution is 7.11. The van der Waals surface area contributed by atoms with Crippen LogP contribution in [0.5, 0.6) is 0 Å². The molecule has 0 fully saturated rings. The fourth-order valence-electron chi connectivity index (χ4n) is 1.55. The summed E-state index contributed by atoms with van der Waals surface area (Å²) in [6, 6.07) is 1.26. The number of nitrogens with zero attached hydrogens (tertiary/aromatic N) is 2. The third-order valence-electron chi connectivity index (χ3n) is 2.60. The molecule has 6 heteroatoms. The highest BCUT2D eigenvalue weighted by Gasteiger charge is 2.09. The molecule has 0 unspecified atom stereocenters. The zero-order valence-corrected chi connectivity index (χ0v) is 10.8. The van der Waals surface area contributed by atoms with Crippen molar-refractivity contribution in [2.24, 2.45) is 0 Å². The van der Waals surface area contributed by atoms with Crippen LogP contribution < -0.4 is 5.43 Å². The SMILES string of the molecule is Cc1nc(Cn2ccc(=O)c(C(=O)O)c2)sc1C. The molecule has 2 aromatic heterocycles. The summed E-state index contributed by atoms with van der Waals surface area (Å²) in [5, 5.41) is 9.77. The van der Waals surface area contributed by atoms with E-state index in [9.17, 15) is 9.59 Å². The Morgan fingerprint density at radius 3 is 2.78 bits per heavy atom. The van der Waals surface area contributed by atoms with E-state index in [0.717, 1.165) is 15.6 Å². The first kappa shape index (κ1) is 12.5. The minimum absolute atomic E-state index is 0.220. The van der Waals surface area contributed by atoms with Gasteiger partial charge in [0.15, 0.2) is 5.43 Å². The van der Waals surface area contributed by atoms with Gasteiger partial charge in [0.2, 0.25) is 0 Å². The van der Waals surface area contributed by atoms with Crippen LogP contribution in [-0.4, -0.2) is 20.6 Å². The Hall–Kier alpha value is -1.95. The third kappa shape index (κ3) is 2.48. The van der Waals surface area contributed by atoms with Gasteiger partial charge in [-0.1, -0.05) is 0 Å². The molecule has 0 saturated carbocycles. The number of aromatic nitrogens is 2. The molecule has 0 amide bonds. The number of rotatable bonds is 3. The molecule has 0 aliphatic heterocycles. The standard InChI is InChI=1S/C12H12N2O3S/c1-7-8(2)18-11(13-7)6-14-4-3-10(15)9(5-14)12(16)17/h3-5H,6H2,1-2H3,(H,16,17). The number of aromatic carboxylic acids is 1. The monoisotopic (exact) mass is 264 g/mol. The predicted octanol–water partition coefficient (Wildman–Crippen LogP) is 1.67. The second-order valence-corrected chi connectivity index (χ2v) is 5.24. The van der Waals surface area contributed by atoms with E-state index in [1.807, 2.05) is 13.8 Å². The summed E-state index contributed by atoms with van der Waals surface area (Å²) in [4.78, 5) is 27.7. The molecule has 2 heterocycles. The van der Waals surface area contributed by atoms with Crippen molar-refractivity contribution in [1.29, 1.82) is 0 Å². The minimum Gasteiger partial charge on any atom is -0.477 e. The average molecular weight is 264 g/mol. The topological polar surface area (TPSA) is 72.2 Å². The maximum atomic E-state index is 11.3. The van der Waals surface area contributed by atoms with E-state index < -0.39 is 11.4 Å². The Morgan fingerprint density at radius 2 is 2.22 bits per heavy atom. The van der Waals surface area contributed by atoms with Crippen molar-refractivity contribution >= 4 is 17.3 Å². The number of hydrogen-bond donors (Lipinski definition) is 1. The predicted molar refractivity (Wildman–Crippen MR) is 68.4 cm³/mol. The molecule has 5 nitrogen and oxygen atoms in total. The molecule has 0 aliphatic carbocycles. The van der Waals surface area contributed by atoms with Crippen LogP contribution in [0, 0.1) is 13.8 Å². The number of aryl methyl sites for hydroxylation is 2. The van der Waals surface area contributed by atoms with Crippen molar-refractivity contribution in [3.05, 3.63) is 49.8 Å². The lowest BCUT2D eigenvalue weighted by Crippen LogP contribution is -2.16. The number of carboxylic acid groups (broad SMARTS) is 1. The molecular weight excluding hydrogens is 252 g/mol. The van der Waals surface area contributed by atoms with Crippen LogP contribution in [0.4, 0.5) is 0 Å². The van der Waals surface area contributed by atoms with Crippen molar-refractivity contribution < 1.29 is 9.90 Å². The fourth-order valence-corrected chi connectivity index (χ4v) is 2.49. The maximum Gasteiger partial charge on any atom is 0.341 e. The highest BCUT2D eigenvalue weighted by Crippen LogP contribution is 2.17. The molecule has 0 radical (unpaired) electrons. The average Bonchev–Trinajstić information content (AvgIpc) is 2.60. The van der Waals surface area contributed by atoms with Gasteiger partial charge in [0, 0.05) is 23.3 Å². The molecule has 0 spiro atoms. The zero-order valence-electron chi connectivity index (χ0n) is 10.0. The van der Waals surface area contributed by atoms with Crippen molar-refractivity contribution in [3.8, 4) is 0 Å². The Bertz CT molecular complexity index is 638. The van der Waals surface area contributed by atoms with E-state index in [1.54, 1.807) is 22.1 Å². The van der Waals surface area contributed by atoms with Crippen LogP contribution in [0.15, 0.2) is 23.3 Å². The van der Waals surface area contributed by atoms with Gasteiger partial charge in [-0.3, -0.25) is 4.79 Å². The van der Waals surface area contributed by atoms with Gasteiger partial charge in [-0.25, -0.2) is 9.78 Å². The van der Waals surface area contributed by atoms with Crippen molar-refractivity contribution in [2.45, 2.75) is 20.4 Å². The minimum atomic E-state index is -1.21. The summed E-state index contributed by atoms with van der Waals surface area (Å²) in [7, 11) is 0. The number of carboxylic acids is 1. The van der Waals surface area contributed by atoms with Gasteiger partial charge in [0.25, 0.3) is 0 Å². The molecule has 0 aromatic carbocycles. The normalized spacial score (nSPS) is 10.6. The lowest BCUT2D eigenvalue weighted by atomic mass is 10.3. The Balaban J connectivity index is 2.32. The number of pyridine rings is 1. The lowest BCUT2D eigenvalue weighted by molar-refractivity contribution is 0.0694. The van der Waals surface area contributed by atoms with Crippen LogP contribution in [0.25, 0.3) is 0 Å². The molecular formula is C12H12N2O3S. The van der Waals surface area contributed by atoms with Crippen LogP contribution in [-0.2, 0) is 6.54 Å². The highest BCUT2D eigenvalue weighted by atomic mass is 32.1. The second kappa shape index (κ2) is 4.73. The van der Waals surface area contributed by atoms with Crippen LogP contribution in [0.3, 0.4) is 0 Å². The van der Waals surface area contributed by atoms with Crippen LogP contribution >= 0.6 is 11.3 Å². The van der Waals surface area contributed by atoms with Gasteiger partial charge in [0.1, 0.15) is 10.6 Å². The first-order chi connectivity index (χ1) is 8.47. The number of thiazole rings is 1. The van der Waals surface area contributed by atoms with Crippen molar-refractivity contribution in [3.63, 3.8) is 0 Å². The third-order valence-corrected chi connectivity index (χ3v) is 3.66. The zero-order chi connectivity index (χ0) is 13.3. The second-order valence-electron chi connectivity index (χ2n) is 3.95. The van der Waals surface area contributed by atoms with Gasteiger partial charge in [-0.05, 0) is 13.8 Å². The molecule has 2 aromatic rings. The molecule has 94 valence electrons. The smallest absolute Gasteiger partial charge is 0.341 e. The van der Waals surface area contributed by atoms with Gasteiger partial charge in [-0.2, -0.15) is 0 Å². The molecule has 0 saturated heterocycles. The summed E-state index contributed by atoms with van der Waals surface area (Å²) >= 11 is 1.57. The molecule has 1 N–H and O–H groups in total. The molecule has 2 rings (SSSR count). The summed E-state index contributed by atoms with van der Waals surface area (Å²) < 4.78 is 1.66. The van der Waals surface area contributed by atoms with E-state index >= 15 is 0 Å². The summed E-state index contributed by atoms with van der Waals surface area (Å²) in [5.41, 5.74) is 0.280. The number of hydrogen-bond acceptors (Lipinski definition) is 4. The van der Waals surface area contributed by atoms with Gasteiger partial charge < -0.3 is 9.67 Å². The van der Waals surface area contributed by atoms with E-state index in [0.29, 0.717) is 6.54 Å². The Morgan fingerprint density at radius 1 is 1.50 bits per heavy atom. The number of carbonyl (C=O) groups is 1. The molecule has 0 bridgehead atoms. The maximum absolute atomic E-state index is 11.3. The van der Waals surface area contributed by atoms with Crippen LogP contribution in [0.2, 0.25) is 0 Å². The molecule has 18 heavy (non-hydrogen) atoms. The van der Waals surface area contributed by atoms with Crippen molar-refractivity contribution in [2.75, 3.05) is 0 Å². The van der Waals surface area contributed by atoms with E-state index in [4.69, 9.17) is 5.11 Å². The van der Waals surface area contributed by atoms with Gasteiger partial charge >= 0.3 is 5.97 Å².